The molecule has 1 aliphatic heterocycles. The van der Waals surface area contributed by atoms with Gasteiger partial charge in [0.25, 0.3) is 6.43 Å². The molecule has 0 N–H and O–H groups in total. The molecule has 0 saturated carbocycles. The molecular formula is C16H12BrF2N. The molecule has 0 saturated heterocycles. The first-order valence-electron chi connectivity index (χ1n) is 5.92. The van der Waals surface area contributed by atoms with Crippen LogP contribution in [0.25, 0.3) is 5.70 Å². The van der Waals surface area contributed by atoms with Crippen molar-refractivity contribution < 1.29 is 8.78 Å². The van der Waals surface area contributed by atoms with Crippen LogP contribution in [0.5, 0.6) is 0 Å². The fraction of sp³-hybridized carbons (Fsp3) is 0.125. The fourth-order valence-electron chi connectivity index (χ4n) is 1.95. The van der Waals surface area contributed by atoms with Crippen molar-refractivity contribution >= 4 is 21.6 Å². The molecule has 1 aromatic carbocycles. The van der Waals surface area contributed by atoms with E-state index < -0.39 is 13.0 Å². The monoisotopic (exact) mass is 335 g/mol. The normalized spacial score (nSPS) is 14.9. The molecule has 0 aromatic heterocycles. The zero-order chi connectivity index (χ0) is 14.7. The molecule has 0 atom stereocenters. The van der Waals surface area contributed by atoms with Crippen LogP contribution >= 0.6 is 15.9 Å². The van der Waals surface area contributed by atoms with E-state index in [1.807, 2.05) is 12.1 Å². The first-order chi connectivity index (χ1) is 9.52. The summed E-state index contributed by atoms with van der Waals surface area (Å²) in [6.07, 6.45) is 6.45. The van der Waals surface area contributed by atoms with Crippen LogP contribution in [-0.2, 0) is 0 Å². The average Bonchev–Trinajstić information content (AvgIpc) is 2.44. The first-order valence-corrected chi connectivity index (χ1v) is 6.71. The molecular weight excluding hydrogens is 324 g/mol. The van der Waals surface area contributed by atoms with Crippen molar-refractivity contribution in [1.82, 2.24) is 4.90 Å². The quantitative estimate of drug-likeness (QED) is 0.741. The Bertz CT molecular complexity index is 621. The molecule has 102 valence electrons. The summed E-state index contributed by atoms with van der Waals surface area (Å²) in [6, 6.07) is 7.21. The van der Waals surface area contributed by atoms with Gasteiger partial charge in [-0.25, -0.2) is 8.78 Å². The lowest BCUT2D eigenvalue weighted by Gasteiger charge is -2.31. The van der Waals surface area contributed by atoms with Crippen LogP contribution in [0.2, 0.25) is 0 Å². The molecule has 2 rings (SSSR count). The van der Waals surface area contributed by atoms with E-state index in [0.29, 0.717) is 15.9 Å². The second-order valence-electron chi connectivity index (χ2n) is 4.24. The van der Waals surface area contributed by atoms with Crippen LogP contribution in [0.4, 0.5) is 8.78 Å². The lowest BCUT2D eigenvalue weighted by molar-refractivity contribution is 0.123. The van der Waals surface area contributed by atoms with Gasteiger partial charge in [0.05, 0.1) is 6.54 Å². The van der Waals surface area contributed by atoms with E-state index in [1.54, 1.807) is 24.3 Å². The summed E-state index contributed by atoms with van der Waals surface area (Å²) in [4.78, 5) is 1.50. The van der Waals surface area contributed by atoms with Gasteiger partial charge in [-0.2, -0.15) is 0 Å². The predicted octanol–water partition coefficient (Wildman–Crippen LogP) is 4.38. The SMILES string of the molecule is C#Cc1ccc(C2=CC=C(Br)C(=C)N2CC(F)F)cc1. The Balaban J connectivity index is 2.39. The molecule has 1 aliphatic rings. The van der Waals surface area contributed by atoms with Gasteiger partial charge in [0, 0.05) is 21.4 Å². The fourth-order valence-corrected chi connectivity index (χ4v) is 2.29. The third-order valence-electron chi connectivity index (χ3n) is 2.95. The maximum absolute atomic E-state index is 12.8. The van der Waals surface area contributed by atoms with Crippen LogP contribution in [0.15, 0.2) is 53.2 Å². The summed E-state index contributed by atoms with van der Waals surface area (Å²) in [6.45, 7) is 3.45. The topological polar surface area (TPSA) is 3.24 Å². The molecule has 0 unspecified atom stereocenters. The largest absolute Gasteiger partial charge is 0.335 e. The van der Waals surface area contributed by atoms with Crippen molar-refractivity contribution in [1.29, 1.82) is 0 Å². The highest BCUT2D eigenvalue weighted by atomic mass is 79.9. The minimum Gasteiger partial charge on any atom is -0.335 e. The number of hydrogen-bond acceptors (Lipinski definition) is 1. The maximum atomic E-state index is 12.8. The van der Waals surface area contributed by atoms with Gasteiger partial charge in [-0.15, -0.1) is 6.42 Å². The Labute approximate surface area is 125 Å². The Kier molecular flexibility index (Phi) is 4.41. The number of hydrogen-bond donors (Lipinski definition) is 0. The number of benzene rings is 1. The molecule has 0 bridgehead atoms. The summed E-state index contributed by atoms with van der Waals surface area (Å²) in [5, 5.41) is 0. The summed E-state index contributed by atoms with van der Waals surface area (Å²) in [5.41, 5.74) is 2.77. The second-order valence-corrected chi connectivity index (χ2v) is 5.09. The number of allylic oxidation sites excluding steroid dienone is 3. The first kappa shape index (κ1) is 14.5. The van der Waals surface area contributed by atoms with E-state index in [0.717, 1.165) is 11.1 Å². The lowest BCUT2D eigenvalue weighted by Crippen LogP contribution is -2.28. The second kappa shape index (κ2) is 6.06. The van der Waals surface area contributed by atoms with E-state index in [9.17, 15) is 8.78 Å². The Morgan fingerprint density at radius 1 is 1.25 bits per heavy atom. The van der Waals surface area contributed by atoms with E-state index in [1.165, 1.54) is 4.90 Å². The molecule has 0 radical (unpaired) electrons. The Morgan fingerprint density at radius 3 is 2.45 bits per heavy atom. The van der Waals surface area contributed by atoms with Crippen molar-refractivity contribution in [2.75, 3.05) is 6.54 Å². The summed E-state index contributed by atoms with van der Waals surface area (Å²) < 4.78 is 26.2. The lowest BCUT2D eigenvalue weighted by atomic mass is 10.1. The van der Waals surface area contributed by atoms with Crippen molar-refractivity contribution in [2.45, 2.75) is 6.43 Å². The zero-order valence-electron chi connectivity index (χ0n) is 10.6. The van der Waals surface area contributed by atoms with Gasteiger partial charge in [0.2, 0.25) is 0 Å². The van der Waals surface area contributed by atoms with E-state index in [4.69, 9.17) is 6.42 Å². The zero-order valence-corrected chi connectivity index (χ0v) is 12.2. The minimum atomic E-state index is -2.45. The minimum absolute atomic E-state index is 0.398. The third-order valence-corrected chi connectivity index (χ3v) is 3.67. The highest BCUT2D eigenvalue weighted by Gasteiger charge is 2.22. The van der Waals surface area contributed by atoms with Crippen molar-refractivity contribution in [3.63, 3.8) is 0 Å². The van der Waals surface area contributed by atoms with Crippen LogP contribution in [0.3, 0.4) is 0 Å². The molecule has 1 nitrogen and oxygen atoms in total. The van der Waals surface area contributed by atoms with Crippen molar-refractivity contribution in [2.24, 2.45) is 0 Å². The van der Waals surface area contributed by atoms with Gasteiger partial charge >= 0.3 is 0 Å². The van der Waals surface area contributed by atoms with Gasteiger partial charge in [0.1, 0.15) is 0 Å². The van der Waals surface area contributed by atoms with Crippen LogP contribution in [0, 0.1) is 12.3 Å². The number of halogens is 3. The molecule has 4 heteroatoms. The average molecular weight is 336 g/mol. The highest BCUT2D eigenvalue weighted by Crippen LogP contribution is 2.33. The highest BCUT2D eigenvalue weighted by molar-refractivity contribution is 9.12. The van der Waals surface area contributed by atoms with Gasteiger partial charge in [-0.1, -0.05) is 24.6 Å². The number of nitrogens with zero attached hydrogens (tertiary/aromatic N) is 1. The standard InChI is InChI=1S/C16H12BrF2N/c1-3-12-4-6-13(7-5-12)15-9-8-14(17)11(2)20(15)10-16(18)19/h1,4-9,16H,2,10H2. The molecule has 1 aromatic rings. The summed E-state index contributed by atoms with van der Waals surface area (Å²) in [5.74, 6) is 2.53. The van der Waals surface area contributed by atoms with Crippen molar-refractivity contribution in [3.05, 3.63) is 64.3 Å². The maximum Gasteiger partial charge on any atom is 0.256 e. The smallest absolute Gasteiger partial charge is 0.256 e. The summed E-state index contributed by atoms with van der Waals surface area (Å²) >= 11 is 3.31. The van der Waals surface area contributed by atoms with Crippen molar-refractivity contribution in [3.8, 4) is 12.3 Å². The van der Waals surface area contributed by atoms with E-state index in [2.05, 4.69) is 28.4 Å². The molecule has 0 spiro atoms. The molecule has 0 fully saturated rings. The molecule has 0 aliphatic carbocycles. The Hall–Kier alpha value is -1.86. The van der Waals surface area contributed by atoms with Gasteiger partial charge in [0.15, 0.2) is 0 Å². The molecule has 1 heterocycles. The number of alkyl halides is 2. The third kappa shape index (κ3) is 3.00. The van der Waals surface area contributed by atoms with E-state index in [-0.39, 0.29) is 0 Å². The molecule has 20 heavy (non-hydrogen) atoms. The Morgan fingerprint density at radius 2 is 1.90 bits per heavy atom. The van der Waals surface area contributed by atoms with Gasteiger partial charge < -0.3 is 4.90 Å². The van der Waals surface area contributed by atoms with Crippen LogP contribution in [-0.4, -0.2) is 17.9 Å². The van der Waals surface area contributed by atoms with Gasteiger partial charge in [-0.05, 0) is 45.8 Å². The van der Waals surface area contributed by atoms with Crippen LogP contribution < -0.4 is 0 Å². The van der Waals surface area contributed by atoms with Gasteiger partial charge in [-0.3, -0.25) is 0 Å². The number of terminal acetylenes is 1. The predicted molar refractivity (Wildman–Crippen MR) is 81.2 cm³/mol. The van der Waals surface area contributed by atoms with Crippen LogP contribution in [0.1, 0.15) is 11.1 Å². The number of rotatable bonds is 3. The summed E-state index contributed by atoms with van der Waals surface area (Å²) in [7, 11) is 0. The molecule has 0 amide bonds. The van der Waals surface area contributed by atoms with E-state index >= 15 is 0 Å².